The topological polar surface area (TPSA) is 79.2 Å². The molecule has 1 rings (SSSR count). The van der Waals surface area contributed by atoms with E-state index in [1.54, 1.807) is 6.26 Å². The Labute approximate surface area is 153 Å². The molecule has 0 amide bonds. The van der Waals surface area contributed by atoms with E-state index in [4.69, 9.17) is 14.6 Å². The molecule has 1 aliphatic heterocycles. The third kappa shape index (κ3) is 9.59. The Morgan fingerprint density at radius 3 is 2.24 bits per heavy atom. The van der Waals surface area contributed by atoms with E-state index in [2.05, 4.69) is 6.92 Å². The standard InChI is InChI=1S/C20H38O5/c1-2-3-4-5-6-7-8-9-10-11-12-13-14-24-20-18(23)16-25-19(20)17(22)15-21/h13-14,17-23H,2-12,15-16H2,1H3/b14-13+/t17-,18+,19-,20-/m1/s1. The van der Waals surface area contributed by atoms with Crippen LogP contribution in [-0.4, -0.2) is 52.9 Å². The fourth-order valence-corrected chi connectivity index (χ4v) is 3.18. The zero-order valence-electron chi connectivity index (χ0n) is 15.8. The first-order chi connectivity index (χ1) is 12.2. The normalized spacial score (nSPS) is 24.9. The average Bonchev–Trinajstić information content (AvgIpc) is 2.99. The van der Waals surface area contributed by atoms with Crippen LogP contribution in [0.25, 0.3) is 0 Å². The summed E-state index contributed by atoms with van der Waals surface area (Å²) in [5.74, 6) is 0. The van der Waals surface area contributed by atoms with Gasteiger partial charge in [-0.2, -0.15) is 0 Å². The Kier molecular flexibility index (Phi) is 13.0. The molecule has 5 nitrogen and oxygen atoms in total. The summed E-state index contributed by atoms with van der Waals surface area (Å²) in [6.45, 7) is 1.97. The number of aliphatic hydroxyl groups is 3. The molecule has 0 spiro atoms. The molecule has 0 aromatic rings. The maximum absolute atomic E-state index is 9.82. The highest BCUT2D eigenvalue weighted by molar-refractivity contribution is 4.91. The monoisotopic (exact) mass is 358 g/mol. The molecule has 1 aliphatic rings. The van der Waals surface area contributed by atoms with Crippen molar-refractivity contribution in [3.63, 3.8) is 0 Å². The van der Waals surface area contributed by atoms with Gasteiger partial charge in [-0.05, 0) is 18.9 Å². The number of allylic oxidation sites excluding steroid dienone is 1. The molecule has 0 radical (unpaired) electrons. The molecular formula is C20H38O5. The number of ether oxygens (including phenoxy) is 2. The molecule has 0 aromatic carbocycles. The van der Waals surface area contributed by atoms with E-state index in [1.807, 2.05) is 6.08 Å². The zero-order valence-corrected chi connectivity index (χ0v) is 15.8. The van der Waals surface area contributed by atoms with Crippen molar-refractivity contribution in [2.24, 2.45) is 0 Å². The van der Waals surface area contributed by atoms with Crippen molar-refractivity contribution in [3.05, 3.63) is 12.3 Å². The summed E-state index contributed by atoms with van der Waals surface area (Å²) in [6, 6.07) is 0. The molecule has 0 bridgehead atoms. The predicted molar refractivity (Wildman–Crippen MR) is 99.3 cm³/mol. The van der Waals surface area contributed by atoms with E-state index in [1.165, 1.54) is 57.8 Å². The first-order valence-corrected chi connectivity index (χ1v) is 10.1. The highest BCUT2D eigenvalue weighted by Gasteiger charge is 2.41. The summed E-state index contributed by atoms with van der Waals surface area (Å²) in [4.78, 5) is 0. The van der Waals surface area contributed by atoms with Crippen LogP contribution >= 0.6 is 0 Å². The minimum atomic E-state index is -1.03. The summed E-state index contributed by atoms with van der Waals surface area (Å²) in [6.07, 6.45) is 14.6. The third-order valence-corrected chi connectivity index (χ3v) is 4.79. The molecule has 0 aliphatic carbocycles. The van der Waals surface area contributed by atoms with Gasteiger partial charge in [0.15, 0.2) is 6.10 Å². The maximum atomic E-state index is 9.82. The highest BCUT2D eigenvalue weighted by atomic mass is 16.6. The highest BCUT2D eigenvalue weighted by Crippen LogP contribution is 2.21. The summed E-state index contributed by atoms with van der Waals surface area (Å²) >= 11 is 0. The van der Waals surface area contributed by atoms with E-state index in [-0.39, 0.29) is 6.61 Å². The molecule has 0 saturated carbocycles. The van der Waals surface area contributed by atoms with E-state index in [0.717, 1.165) is 12.8 Å². The Morgan fingerprint density at radius 1 is 1.04 bits per heavy atom. The molecule has 0 unspecified atom stereocenters. The smallest absolute Gasteiger partial charge is 0.154 e. The van der Waals surface area contributed by atoms with Crippen LogP contribution in [0.1, 0.15) is 77.6 Å². The molecule has 4 atom stereocenters. The Morgan fingerprint density at radius 2 is 1.64 bits per heavy atom. The number of hydrogen-bond donors (Lipinski definition) is 3. The largest absolute Gasteiger partial charge is 0.493 e. The second-order valence-corrected chi connectivity index (χ2v) is 7.06. The number of rotatable bonds is 15. The fraction of sp³-hybridized carbons (Fsp3) is 0.900. The van der Waals surface area contributed by atoms with Crippen LogP contribution in [0.3, 0.4) is 0 Å². The lowest BCUT2D eigenvalue weighted by Gasteiger charge is -2.22. The molecule has 25 heavy (non-hydrogen) atoms. The van der Waals surface area contributed by atoms with Crippen LogP contribution in [0.15, 0.2) is 12.3 Å². The Hall–Kier alpha value is -0.620. The average molecular weight is 359 g/mol. The molecule has 5 heteroatoms. The molecule has 1 saturated heterocycles. The van der Waals surface area contributed by atoms with Gasteiger partial charge in [0.05, 0.1) is 19.5 Å². The van der Waals surface area contributed by atoms with Crippen LogP contribution in [-0.2, 0) is 9.47 Å². The second-order valence-electron chi connectivity index (χ2n) is 7.06. The van der Waals surface area contributed by atoms with Crippen molar-refractivity contribution in [1.82, 2.24) is 0 Å². The summed E-state index contributed by atoms with van der Waals surface area (Å²) in [7, 11) is 0. The second kappa shape index (κ2) is 14.5. The summed E-state index contributed by atoms with van der Waals surface area (Å²) in [5.41, 5.74) is 0. The Balaban J connectivity index is 1.99. The van der Waals surface area contributed by atoms with Crippen molar-refractivity contribution in [1.29, 1.82) is 0 Å². The summed E-state index contributed by atoms with van der Waals surface area (Å²) < 4.78 is 10.8. The molecule has 1 heterocycles. The lowest BCUT2D eigenvalue weighted by molar-refractivity contribution is -0.0721. The van der Waals surface area contributed by atoms with Gasteiger partial charge >= 0.3 is 0 Å². The van der Waals surface area contributed by atoms with Crippen molar-refractivity contribution in [2.75, 3.05) is 13.2 Å². The number of unbranched alkanes of at least 4 members (excludes halogenated alkanes) is 10. The molecule has 3 N–H and O–H groups in total. The van der Waals surface area contributed by atoms with E-state index in [9.17, 15) is 10.2 Å². The number of aliphatic hydroxyl groups excluding tert-OH is 3. The van der Waals surface area contributed by atoms with Gasteiger partial charge in [0, 0.05) is 0 Å². The molecule has 0 aromatic heterocycles. The first-order valence-electron chi connectivity index (χ1n) is 10.1. The fourth-order valence-electron chi connectivity index (χ4n) is 3.18. The Bertz CT molecular complexity index is 334. The maximum Gasteiger partial charge on any atom is 0.154 e. The SMILES string of the molecule is CCCCCCCCCCCC/C=C/O[C@H]1[C@@H]([C@H](O)CO)OC[C@@H]1O. The third-order valence-electron chi connectivity index (χ3n) is 4.79. The summed E-state index contributed by atoms with van der Waals surface area (Å²) in [5, 5.41) is 28.5. The van der Waals surface area contributed by atoms with Crippen LogP contribution < -0.4 is 0 Å². The lowest BCUT2D eigenvalue weighted by atomic mass is 10.1. The minimum absolute atomic E-state index is 0.124. The van der Waals surface area contributed by atoms with Crippen LogP contribution in [0.4, 0.5) is 0 Å². The van der Waals surface area contributed by atoms with Gasteiger partial charge in [0.25, 0.3) is 0 Å². The molecule has 148 valence electrons. The van der Waals surface area contributed by atoms with Crippen molar-refractivity contribution in [3.8, 4) is 0 Å². The van der Waals surface area contributed by atoms with E-state index >= 15 is 0 Å². The quantitative estimate of drug-likeness (QED) is 0.309. The van der Waals surface area contributed by atoms with Crippen LogP contribution in [0.5, 0.6) is 0 Å². The van der Waals surface area contributed by atoms with Gasteiger partial charge in [-0.15, -0.1) is 0 Å². The zero-order chi connectivity index (χ0) is 18.3. The van der Waals surface area contributed by atoms with E-state index in [0.29, 0.717) is 0 Å². The van der Waals surface area contributed by atoms with Gasteiger partial charge in [-0.1, -0.05) is 64.7 Å². The molecule has 1 fully saturated rings. The van der Waals surface area contributed by atoms with Crippen molar-refractivity contribution < 1.29 is 24.8 Å². The van der Waals surface area contributed by atoms with Gasteiger partial charge in [0.2, 0.25) is 0 Å². The predicted octanol–water partition coefficient (Wildman–Crippen LogP) is 3.31. The van der Waals surface area contributed by atoms with Crippen LogP contribution in [0.2, 0.25) is 0 Å². The molecular weight excluding hydrogens is 320 g/mol. The van der Waals surface area contributed by atoms with Gasteiger partial charge in [0.1, 0.15) is 18.3 Å². The van der Waals surface area contributed by atoms with Gasteiger partial charge in [-0.3, -0.25) is 0 Å². The first kappa shape index (κ1) is 22.4. The lowest BCUT2D eigenvalue weighted by Crippen LogP contribution is -2.41. The van der Waals surface area contributed by atoms with E-state index < -0.39 is 31.0 Å². The van der Waals surface area contributed by atoms with Crippen molar-refractivity contribution in [2.45, 2.75) is 102 Å². The van der Waals surface area contributed by atoms with Gasteiger partial charge in [-0.25, -0.2) is 0 Å². The van der Waals surface area contributed by atoms with Crippen molar-refractivity contribution >= 4 is 0 Å². The number of hydrogen-bond acceptors (Lipinski definition) is 5. The minimum Gasteiger partial charge on any atom is -0.493 e. The van der Waals surface area contributed by atoms with Crippen LogP contribution in [0, 0.1) is 0 Å². The van der Waals surface area contributed by atoms with Gasteiger partial charge < -0.3 is 24.8 Å².